The van der Waals surface area contributed by atoms with Gasteiger partial charge in [0, 0.05) is 19.0 Å². The van der Waals surface area contributed by atoms with Crippen LogP contribution in [0.25, 0.3) is 0 Å². The molecule has 0 aromatic carbocycles. The molecule has 0 aliphatic rings. The van der Waals surface area contributed by atoms with E-state index in [0.29, 0.717) is 12.3 Å². The summed E-state index contributed by atoms with van der Waals surface area (Å²) in [5.41, 5.74) is 0.123. The van der Waals surface area contributed by atoms with Crippen LogP contribution in [0.5, 0.6) is 0 Å². The zero-order valence-electron chi connectivity index (χ0n) is 10.4. The number of nitrogens with zero attached hydrogens (tertiary/aromatic N) is 1. The maximum absolute atomic E-state index is 9.15. The van der Waals surface area contributed by atoms with Gasteiger partial charge in [0.1, 0.15) is 0 Å². The van der Waals surface area contributed by atoms with Gasteiger partial charge in [0.05, 0.1) is 12.7 Å². The van der Waals surface area contributed by atoms with Gasteiger partial charge < -0.3 is 10.4 Å². The second-order valence-electron chi connectivity index (χ2n) is 5.24. The van der Waals surface area contributed by atoms with Crippen LogP contribution in [0.15, 0.2) is 0 Å². The summed E-state index contributed by atoms with van der Waals surface area (Å²) in [6.07, 6.45) is 1.49. The van der Waals surface area contributed by atoms with Crippen LogP contribution in [0.1, 0.15) is 40.5 Å². The van der Waals surface area contributed by atoms with Crippen molar-refractivity contribution in [2.75, 3.05) is 13.2 Å². The Morgan fingerprint density at radius 3 is 2.40 bits per heavy atom. The topological polar surface area (TPSA) is 56.0 Å². The molecular weight excluding hydrogens is 188 g/mol. The lowest BCUT2D eigenvalue weighted by Gasteiger charge is -2.28. The minimum atomic E-state index is 0.123. The van der Waals surface area contributed by atoms with E-state index in [4.69, 9.17) is 10.4 Å². The fourth-order valence-corrected chi connectivity index (χ4v) is 1.40. The van der Waals surface area contributed by atoms with Gasteiger partial charge in [-0.05, 0) is 17.8 Å². The molecule has 2 N–H and O–H groups in total. The Bertz CT molecular complexity index is 206. The largest absolute Gasteiger partial charge is 0.395 e. The molecule has 0 saturated carbocycles. The van der Waals surface area contributed by atoms with Crippen molar-refractivity contribution >= 4 is 0 Å². The lowest BCUT2D eigenvalue weighted by molar-refractivity contribution is 0.191. The van der Waals surface area contributed by atoms with Crippen molar-refractivity contribution in [1.82, 2.24) is 5.32 Å². The van der Waals surface area contributed by atoms with E-state index in [1.807, 2.05) is 0 Å². The molecule has 0 rings (SSSR count). The molecule has 0 bridgehead atoms. The van der Waals surface area contributed by atoms with E-state index >= 15 is 0 Å². The van der Waals surface area contributed by atoms with E-state index in [9.17, 15) is 0 Å². The number of rotatable bonds is 7. The average Bonchev–Trinajstić information content (AvgIpc) is 2.15. The Morgan fingerprint density at radius 1 is 1.40 bits per heavy atom. The molecule has 1 atom stereocenters. The van der Waals surface area contributed by atoms with Crippen LogP contribution >= 0.6 is 0 Å². The van der Waals surface area contributed by atoms with Crippen LogP contribution in [0, 0.1) is 22.7 Å². The van der Waals surface area contributed by atoms with E-state index in [2.05, 4.69) is 39.1 Å². The van der Waals surface area contributed by atoms with Crippen LogP contribution in [-0.2, 0) is 0 Å². The molecule has 0 aliphatic heterocycles. The minimum absolute atomic E-state index is 0.123. The fourth-order valence-electron chi connectivity index (χ4n) is 1.40. The molecule has 88 valence electrons. The number of aliphatic hydroxyl groups is 1. The normalized spacial score (nSPS) is 13.9. The highest BCUT2D eigenvalue weighted by Gasteiger charge is 2.20. The summed E-state index contributed by atoms with van der Waals surface area (Å²) in [6, 6.07) is 2.33. The minimum Gasteiger partial charge on any atom is -0.395 e. The summed E-state index contributed by atoms with van der Waals surface area (Å²) in [6.45, 7) is 9.49. The maximum Gasteiger partial charge on any atom is 0.0621 e. The zero-order valence-corrected chi connectivity index (χ0v) is 10.4. The number of hydrogen-bond donors (Lipinski definition) is 2. The Balaban J connectivity index is 3.95. The smallest absolute Gasteiger partial charge is 0.0621 e. The molecule has 3 heteroatoms. The summed E-state index contributed by atoms with van der Waals surface area (Å²) >= 11 is 0. The maximum atomic E-state index is 9.15. The summed E-state index contributed by atoms with van der Waals surface area (Å²) in [5, 5.41) is 21.0. The number of nitrogens with one attached hydrogen (secondary N) is 1. The van der Waals surface area contributed by atoms with Gasteiger partial charge in [-0.3, -0.25) is 0 Å². The fraction of sp³-hybridized carbons (Fsp3) is 0.917. The van der Waals surface area contributed by atoms with Gasteiger partial charge >= 0.3 is 0 Å². The third-order valence-corrected chi connectivity index (χ3v) is 2.76. The SMILES string of the molecule is CC(C)[C@@H](CO)NCC(C)(C)CCC#N. The van der Waals surface area contributed by atoms with Gasteiger partial charge in [-0.25, -0.2) is 0 Å². The average molecular weight is 212 g/mol. The molecule has 0 fully saturated rings. The molecule has 0 radical (unpaired) electrons. The van der Waals surface area contributed by atoms with Crippen LogP contribution in [0.3, 0.4) is 0 Å². The van der Waals surface area contributed by atoms with Crippen molar-refractivity contribution in [1.29, 1.82) is 5.26 Å². The second kappa shape index (κ2) is 6.81. The monoisotopic (exact) mass is 212 g/mol. The summed E-state index contributed by atoms with van der Waals surface area (Å²) in [4.78, 5) is 0. The number of nitriles is 1. The van der Waals surface area contributed by atoms with E-state index in [1.165, 1.54) is 0 Å². The van der Waals surface area contributed by atoms with Gasteiger partial charge in [0.15, 0.2) is 0 Å². The Kier molecular flexibility index (Phi) is 6.55. The van der Waals surface area contributed by atoms with E-state index in [0.717, 1.165) is 13.0 Å². The molecule has 0 aromatic rings. The first-order chi connectivity index (χ1) is 6.93. The Labute approximate surface area is 93.5 Å². The number of aliphatic hydroxyl groups excluding tert-OH is 1. The molecule has 0 saturated heterocycles. The third kappa shape index (κ3) is 6.48. The molecular formula is C12H24N2O. The zero-order chi connectivity index (χ0) is 11.9. The van der Waals surface area contributed by atoms with Gasteiger partial charge in [0.2, 0.25) is 0 Å². The van der Waals surface area contributed by atoms with Crippen molar-refractivity contribution < 1.29 is 5.11 Å². The van der Waals surface area contributed by atoms with Crippen molar-refractivity contribution in [3.63, 3.8) is 0 Å². The molecule has 0 aromatic heterocycles. The lowest BCUT2D eigenvalue weighted by atomic mass is 9.87. The molecule has 0 aliphatic carbocycles. The summed E-state index contributed by atoms with van der Waals surface area (Å²) < 4.78 is 0. The van der Waals surface area contributed by atoms with Gasteiger partial charge in [-0.1, -0.05) is 27.7 Å². The first kappa shape index (κ1) is 14.4. The van der Waals surface area contributed by atoms with Crippen LogP contribution in [-0.4, -0.2) is 24.3 Å². The second-order valence-corrected chi connectivity index (χ2v) is 5.24. The van der Waals surface area contributed by atoms with Gasteiger partial charge in [0.25, 0.3) is 0 Å². The van der Waals surface area contributed by atoms with E-state index in [1.54, 1.807) is 0 Å². The Hall–Kier alpha value is -0.590. The molecule has 3 nitrogen and oxygen atoms in total. The standard InChI is InChI=1S/C12H24N2O/c1-10(2)11(8-15)14-9-12(3,4)6-5-7-13/h10-11,14-15H,5-6,8-9H2,1-4H3/t11-/m1/s1. The number of hydrogen-bond acceptors (Lipinski definition) is 3. The predicted octanol–water partition coefficient (Wildman–Crippen LogP) is 1.92. The molecule has 0 spiro atoms. The third-order valence-electron chi connectivity index (χ3n) is 2.76. The van der Waals surface area contributed by atoms with Crippen molar-refractivity contribution in [2.45, 2.75) is 46.6 Å². The predicted molar refractivity (Wildman–Crippen MR) is 62.3 cm³/mol. The van der Waals surface area contributed by atoms with Crippen LogP contribution in [0.4, 0.5) is 0 Å². The summed E-state index contributed by atoms with van der Waals surface area (Å²) in [7, 11) is 0. The van der Waals surface area contributed by atoms with Crippen molar-refractivity contribution in [3.8, 4) is 6.07 Å². The Morgan fingerprint density at radius 2 is 2.00 bits per heavy atom. The first-order valence-corrected chi connectivity index (χ1v) is 5.64. The van der Waals surface area contributed by atoms with Crippen LogP contribution in [0.2, 0.25) is 0 Å². The van der Waals surface area contributed by atoms with E-state index < -0.39 is 0 Å². The highest BCUT2D eigenvalue weighted by atomic mass is 16.3. The van der Waals surface area contributed by atoms with Crippen molar-refractivity contribution in [3.05, 3.63) is 0 Å². The molecule has 0 amide bonds. The highest BCUT2D eigenvalue weighted by Crippen LogP contribution is 2.21. The molecule has 0 unspecified atom stereocenters. The summed E-state index contributed by atoms with van der Waals surface area (Å²) in [5.74, 6) is 0.432. The quantitative estimate of drug-likeness (QED) is 0.678. The first-order valence-electron chi connectivity index (χ1n) is 5.64. The van der Waals surface area contributed by atoms with Crippen LogP contribution < -0.4 is 5.32 Å². The highest BCUT2D eigenvalue weighted by molar-refractivity contribution is 4.81. The van der Waals surface area contributed by atoms with Crippen molar-refractivity contribution in [2.24, 2.45) is 11.3 Å². The van der Waals surface area contributed by atoms with Gasteiger partial charge in [-0.15, -0.1) is 0 Å². The molecule has 0 heterocycles. The lowest BCUT2D eigenvalue weighted by Crippen LogP contribution is -2.42. The van der Waals surface area contributed by atoms with Gasteiger partial charge in [-0.2, -0.15) is 5.26 Å². The van der Waals surface area contributed by atoms with E-state index in [-0.39, 0.29) is 18.1 Å². The molecule has 15 heavy (non-hydrogen) atoms.